The van der Waals surface area contributed by atoms with Crippen LogP contribution in [0, 0.1) is 0 Å². The maximum Gasteiger partial charge on any atom is 0.250 e. The van der Waals surface area contributed by atoms with Gasteiger partial charge in [0, 0.05) is 13.1 Å². The van der Waals surface area contributed by atoms with Gasteiger partial charge in [-0.1, -0.05) is 0 Å². The van der Waals surface area contributed by atoms with E-state index in [2.05, 4.69) is 9.88 Å². The van der Waals surface area contributed by atoms with Crippen molar-refractivity contribution in [3.8, 4) is 0 Å². The van der Waals surface area contributed by atoms with Crippen molar-refractivity contribution in [1.29, 1.82) is 0 Å². The van der Waals surface area contributed by atoms with Gasteiger partial charge >= 0.3 is 0 Å². The van der Waals surface area contributed by atoms with Crippen molar-refractivity contribution in [2.75, 3.05) is 23.7 Å². The first-order valence-corrected chi connectivity index (χ1v) is 5.93. The highest BCUT2D eigenvalue weighted by atomic mass is 16.5. The predicted octanol–water partition coefficient (Wildman–Crippen LogP) is 0.376. The van der Waals surface area contributed by atoms with Gasteiger partial charge in [0.05, 0.1) is 29.7 Å². The lowest BCUT2D eigenvalue weighted by Gasteiger charge is -2.36. The van der Waals surface area contributed by atoms with Crippen LogP contribution in [0.2, 0.25) is 0 Å². The molecule has 0 aliphatic carbocycles. The Kier molecular flexibility index (Phi) is 3.38. The van der Waals surface area contributed by atoms with E-state index in [1.54, 1.807) is 6.07 Å². The van der Waals surface area contributed by atoms with Crippen molar-refractivity contribution in [2.45, 2.75) is 26.1 Å². The summed E-state index contributed by atoms with van der Waals surface area (Å²) in [5, 5.41) is 0. The number of primary amides is 1. The molecule has 2 unspecified atom stereocenters. The molecule has 1 aliphatic rings. The quantitative estimate of drug-likeness (QED) is 0.791. The highest BCUT2D eigenvalue weighted by molar-refractivity contribution is 5.98. The van der Waals surface area contributed by atoms with E-state index in [-0.39, 0.29) is 12.2 Å². The molecule has 0 radical (unpaired) electrons. The largest absolute Gasteiger partial charge is 0.397 e. The van der Waals surface area contributed by atoms with Crippen LogP contribution < -0.4 is 16.4 Å². The molecule has 2 atom stereocenters. The maximum atomic E-state index is 11.3. The number of nitrogens with zero attached hydrogens (tertiary/aromatic N) is 2. The third kappa shape index (κ3) is 2.53. The van der Waals surface area contributed by atoms with Crippen LogP contribution in [0.3, 0.4) is 0 Å². The fourth-order valence-corrected chi connectivity index (χ4v) is 2.21. The van der Waals surface area contributed by atoms with Gasteiger partial charge in [0.2, 0.25) is 0 Å². The normalized spacial score (nSPS) is 24.0. The van der Waals surface area contributed by atoms with Gasteiger partial charge in [-0.3, -0.25) is 4.79 Å². The summed E-state index contributed by atoms with van der Waals surface area (Å²) in [6.07, 6.45) is 1.73. The van der Waals surface area contributed by atoms with Gasteiger partial charge in [-0.25, -0.2) is 4.98 Å². The summed E-state index contributed by atoms with van der Waals surface area (Å²) in [5.41, 5.74) is 11.6. The van der Waals surface area contributed by atoms with E-state index in [1.807, 2.05) is 13.8 Å². The molecule has 4 N–H and O–H groups in total. The Morgan fingerprint density at radius 1 is 1.44 bits per heavy atom. The second-order valence-corrected chi connectivity index (χ2v) is 4.66. The number of pyridine rings is 1. The molecule has 6 heteroatoms. The summed E-state index contributed by atoms with van der Waals surface area (Å²) < 4.78 is 5.65. The summed E-state index contributed by atoms with van der Waals surface area (Å²) in [4.78, 5) is 17.6. The van der Waals surface area contributed by atoms with Crippen molar-refractivity contribution < 1.29 is 9.53 Å². The Morgan fingerprint density at radius 2 is 2.06 bits per heavy atom. The number of carbonyl (C=O) groups is 1. The summed E-state index contributed by atoms with van der Waals surface area (Å²) in [7, 11) is 0. The van der Waals surface area contributed by atoms with E-state index in [4.69, 9.17) is 16.2 Å². The van der Waals surface area contributed by atoms with Gasteiger partial charge in [-0.05, 0) is 19.9 Å². The Hall–Kier alpha value is -1.82. The van der Waals surface area contributed by atoms with Crippen molar-refractivity contribution >= 4 is 17.4 Å². The smallest absolute Gasteiger partial charge is 0.250 e. The molecule has 0 bridgehead atoms. The molecule has 0 spiro atoms. The van der Waals surface area contributed by atoms with E-state index in [9.17, 15) is 4.79 Å². The van der Waals surface area contributed by atoms with Gasteiger partial charge in [0.25, 0.3) is 5.91 Å². The van der Waals surface area contributed by atoms with Crippen molar-refractivity contribution in [3.05, 3.63) is 17.8 Å². The third-order valence-electron chi connectivity index (χ3n) is 2.93. The van der Waals surface area contributed by atoms with E-state index in [1.165, 1.54) is 6.20 Å². The number of ether oxygens (including phenoxy) is 1. The Labute approximate surface area is 106 Å². The predicted molar refractivity (Wildman–Crippen MR) is 69.4 cm³/mol. The molecule has 0 saturated carbocycles. The number of nitrogen functional groups attached to an aromatic ring is 1. The van der Waals surface area contributed by atoms with E-state index in [0.29, 0.717) is 17.1 Å². The number of morpholine rings is 1. The first-order valence-electron chi connectivity index (χ1n) is 5.93. The number of anilines is 2. The molecule has 1 aromatic rings. The molecule has 1 aliphatic heterocycles. The first kappa shape index (κ1) is 12.6. The molecule has 2 rings (SSSR count). The number of aromatic nitrogens is 1. The Bertz CT molecular complexity index is 453. The van der Waals surface area contributed by atoms with Gasteiger partial charge in [-0.2, -0.15) is 0 Å². The number of rotatable bonds is 2. The molecular formula is C12H18N4O2. The molecule has 0 aromatic carbocycles. The maximum absolute atomic E-state index is 11.3. The molecular weight excluding hydrogens is 232 g/mol. The summed E-state index contributed by atoms with van der Waals surface area (Å²) >= 11 is 0. The molecule has 1 aromatic heterocycles. The first-order chi connectivity index (χ1) is 8.47. The van der Waals surface area contributed by atoms with Crippen LogP contribution in [0.1, 0.15) is 24.2 Å². The fraction of sp³-hybridized carbons (Fsp3) is 0.500. The average molecular weight is 250 g/mol. The van der Waals surface area contributed by atoms with Crippen LogP contribution in [-0.2, 0) is 4.74 Å². The molecule has 18 heavy (non-hydrogen) atoms. The third-order valence-corrected chi connectivity index (χ3v) is 2.93. The zero-order valence-electron chi connectivity index (χ0n) is 10.6. The van der Waals surface area contributed by atoms with Gasteiger partial charge in [-0.15, -0.1) is 0 Å². The van der Waals surface area contributed by atoms with Crippen LogP contribution in [-0.4, -0.2) is 36.2 Å². The van der Waals surface area contributed by atoms with Crippen LogP contribution >= 0.6 is 0 Å². The lowest BCUT2D eigenvalue weighted by molar-refractivity contribution is -0.00545. The Balaban J connectivity index is 2.28. The summed E-state index contributed by atoms with van der Waals surface area (Å²) in [5.74, 6) is 0.172. The minimum absolute atomic E-state index is 0.130. The van der Waals surface area contributed by atoms with E-state index < -0.39 is 5.91 Å². The highest BCUT2D eigenvalue weighted by Gasteiger charge is 2.23. The Morgan fingerprint density at radius 3 is 2.61 bits per heavy atom. The fourth-order valence-electron chi connectivity index (χ4n) is 2.21. The lowest BCUT2D eigenvalue weighted by Crippen LogP contribution is -2.45. The van der Waals surface area contributed by atoms with Crippen molar-refractivity contribution in [2.24, 2.45) is 5.73 Å². The van der Waals surface area contributed by atoms with Crippen LogP contribution in [0.5, 0.6) is 0 Å². The molecule has 1 saturated heterocycles. The average Bonchev–Trinajstić information content (AvgIpc) is 2.27. The number of hydrogen-bond acceptors (Lipinski definition) is 5. The van der Waals surface area contributed by atoms with Crippen LogP contribution in [0.4, 0.5) is 11.5 Å². The van der Waals surface area contributed by atoms with Gasteiger partial charge in [0.15, 0.2) is 0 Å². The molecule has 98 valence electrons. The second kappa shape index (κ2) is 4.81. The van der Waals surface area contributed by atoms with Gasteiger partial charge < -0.3 is 21.1 Å². The number of amides is 1. The van der Waals surface area contributed by atoms with Crippen molar-refractivity contribution in [3.63, 3.8) is 0 Å². The molecule has 2 heterocycles. The minimum Gasteiger partial charge on any atom is -0.397 e. The molecule has 1 fully saturated rings. The van der Waals surface area contributed by atoms with E-state index in [0.717, 1.165) is 13.1 Å². The molecule has 6 nitrogen and oxygen atoms in total. The number of nitrogens with two attached hydrogens (primary N) is 2. The highest BCUT2D eigenvalue weighted by Crippen LogP contribution is 2.21. The standard InChI is InChI=1S/C12H18N4O2/c1-7-5-16(6-8(2)18-7)11-3-9(12(14)17)10(13)4-15-11/h3-4,7-8H,5-6,13H2,1-2H3,(H2,14,17). The van der Waals surface area contributed by atoms with Crippen LogP contribution in [0.25, 0.3) is 0 Å². The topological polar surface area (TPSA) is 94.5 Å². The monoisotopic (exact) mass is 250 g/mol. The minimum atomic E-state index is -0.537. The SMILES string of the molecule is CC1CN(c2cc(C(N)=O)c(N)cn2)CC(C)O1. The molecule has 1 amide bonds. The van der Waals surface area contributed by atoms with Gasteiger partial charge in [0.1, 0.15) is 5.82 Å². The van der Waals surface area contributed by atoms with Crippen LogP contribution in [0.15, 0.2) is 12.3 Å². The lowest BCUT2D eigenvalue weighted by atomic mass is 10.2. The zero-order chi connectivity index (χ0) is 13.3. The zero-order valence-corrected chi connectivity index (χ0v) is 10.6. The number of carbonyl (C=O) groups excluding carboxylic acids is 1. The summed E-state index contributed by atoms with van der Waals surface area (Å²) in [6.45, 7) is 5.49. The number of hydrogen-bond donors (Lipinski definition) is 2. The van der Waals surface area contributed by atoms with E-state index >= 15 is 0 Å². The summed E-state index contributed by atoms with van der Waals surface area (Å²) in [6, 6.07) is 1.64. The second-order valence-electron chi connectivity index (χ2n) is 4.66. The van der Waals surface area contributed by atoms with Crippen molar-refractivity contribution in [1.82, 2.24) is 4.98 Å².